The van der Waals surface area contributed by atoms with E-state index in [2.05, 4.69) is 37.7 Å². The fourth-order valence-electron chi connectivity index (χ4n) is 2.72. The molecule has 7 nitrogen and oxygen atoms in total. The van der Waals surface area contributed by atoms with Crippen molar-refractivity contribution in [3.63, 3.8) is 0 Å². The highest BCUT2D eigenvalue weighted by atomic mass is 127. The van der Waals surface area contributed by atoms with Crippen LogP contribution >= 0.6 is 24.0 Å². The molecule has 0 aliphatic carbocycles. The van der Waals surface area contributed by atoms with Gasteiger partial charge < -0.3 is 14.8 Å². The van der Waals surface area contributed by atoms with Crippen molar-refractivity contribution < 1.29 is 8.42 Å². The topological polar surface area (TPSA) is 69.9 Å². The molecule has 0 unspecified atom stereocenters. The maximum Gasteiger partial charge on any atom is 0.194 e. The van der Waals surface area contributed by atoms with E-state index >= 15 is 0 Å². The third-order valence-corrected chi connectivity index (χ3v) is 5.87. The molecule has 0 amide bonds. The highest BCUT2D eigenvalue weighted by Crippen LogP contribution is 2.05. The number of halogens is 1. The monoisotopic (exact) mass is 483 g/mol. The van der Waals surface area contributed by atoms with Crippen LogP contribution in [0.15, 0.2) is 23.3 Å². The lowest BCUT2D eigenvalue weighted by Gasteiger charge is -2.26. The number of nitrogens with one attached hydrogen (secondary N) is 1. The van der Waals surface area contributed by atoms with Crippen LogP contribution < -0.4 is 5.32 Å². The molecule has 1 fully saturated rings. The molecule has 9 heteroatoms. The van der Waals surface area contributed by atoms with Crippen molar-refractivity contribution in [1.29, 1.82) is 0 Å². The van der Waals surface area contributed by atoms with Crippen molar-refractivity contribution in [2.45, 2.75) is 13.5 Å². The highest BCUT2D eigenvalue weighted by molar-refractivity contribution is 14.0. The van der Waals surface area contributed by atoms with Gasteiger partial charge in [0.1, 0.15) is 0 Å². The average Bonchev–Trinajstić information content (AvgIpc) is 2.93. The van der Waals surface area contributed by atoms with Crippen molar-refractivity contribution in [3.05, 3.63) is 24.0 Å². The number of rotatable bonds is 6. The zero-order chi connectivity index (χ0) is 17.6. The lowest BCUT2D eigenvalue weighted by atomic mass is 10.4. The zero-order valence-electron chi connectivity index (χ0n) is 15.3. The first-order valence-corrected chi connectivity index (χ1v) is 10.3. The lowest BCUT2D eigenvalue weighted by Crippen LogP contribution is -2.42. The van der Waals surface area contributed by atoms with Crippen LogP contribution in [0.2, 0.25) is 0 Å². The minimum absolute atomic E-state index is 0. The van der Waals surface area contributed by atoms with E-state index in [1.807, 2.05) is 26.4 Å². The summed E-state index contributed by atoms with van der Waals surface area (Å²) in [4.78, 5) is 8.97. The van der Waals surface area contributed by atoms with Gasteiger partial charge in [-0.05, 0) is 19.1 Å². The van der Waals surface area contributed by atoms with Crippen LogP contribution in [-0.2, 0) is 23.4 Å². The summed E-state index contributed by atoms with van der Waals surface area (Å²) in [5, 5.41) is 3.32. The van der Waals surface area contributed by atoms with Gasteiger partial charge in [-0.3, -0.25) is 9.89 Å². The second-order valence-corrected chi connectivity index (χ2v) is 8.50. The molecule has 0 aromatic carbocycles. The van der Waals surface area contributed by atoms with Crippen molar-refractivity contribution in [2.75, 3.05) is 51.3 Å². The minimum atomic E-state index is -2.81. The molecule has 0 radical (unpaired) electrons. The fraction of sp³-hybridized carbons (Fsp3) is 0.688. The number of guanidine groups is 1. The van der Waals surface area contributed by atoms with Crippen LogP contribution in [-0.4, -0.2) is 80.0 Å². The summed E-state index contributed by atoms with van der Waals surface area (Å²) in [6, 6.07) is 4.14. The molecule has 1 aromatic heterocycles. The quantitative estimate of drug-likeness (QED) is 0.368. The predicted octanol–water partition coefficient (Wildman–Crippen LogP) is 0.771. The third-order valence-electron chi connectivity index (χ3n) is 4.26. The Morgan fingerprint density at radius 3 is 2.60 bits per heavy atom. The molecular formula is C16H30IN5O2S. The van der Waals surface area contributed by atoms with Gasteiger partial charge in [0.25, 0.3) is 0 Å². The Morgan fingerprint density at radius 1 is 1.36 bits per heavy atom. The third kappa shape index (κ3) is 7.14. The largest absolute Gasteiger partial charge is 0.357 e. The summed E-state index contributed by atoms with van der Waals surface area (Å²) in [5.41, 5.74) is 1.23. The summed E-state index contributed by atoms with van der Waals surface area (Å²) in [5.74, 6) is 1.41. The number of aliphatic imine (C=N–C) groups is 1. The summed E-state index contributed by atoms with van der Waals surface area (Å²) < 4.78 is 25.0. The van der Waals surface area contributed by atoms with Crippen molar-refractivity contribution in [3.8, 4) is 0 Å². The molecule has 25 heavy (non-hydrogen) atoms. The smallest absolute Gasteiger partial charge is 0.194 e. The standard InChI is InChI=1S/C16H29N5O2S.HI/c1-4-17-16(20(3)14-15-6-5-8-19(15)2)18-7-9-21-10-12-24(22,23)13-11-21;/h5-6,8H,4,7,9-14H2,1-3H3,(H,17,18);1H. The molecule has 1 aromatic rings. The van der Waals surface area contributed by atoms with Gasteiger partial charge in [-0.25, -0.2) is 8.42 Å². The van der Waals surface area contributed by atoms with Gasteiger partial charge in [-0.2, -0.15) is 0 Å². The number of nitrogens with zero attached hydrogens (tertiary/aromatic N) is 4. The first-order valence-electron chi connectivity index (χ1n) is 8.43. The molecule has 0 spiro atoms. The Morgan fingerprint density at radius 2 is 2.04 bits per heavy atom. The average molecular weight is 483 g/mol. The van der Waals surface area contributed by atoms with E-state index in [0.29, 0.717) is 19.6 Å². The van der Waals surface area contributed by atoms with Crippen LogP contribution in [0.1, 0.15) is 12.6 Å². The highest BCUT2D eigenvalue weighted by Gasteiger charge is 2.20. The summed E-state index contributed by atoms with van der Waals surface area (Å²) >= 11 is 0. The van der Waals surface area contributed by atoms with Crippen LogP contribution in [0, 0.1) is 0 Å². The lowest BCUT2D eigenvalue weighted by molar-refractivity contribution is 0.303. The normalized spacial score (nSPS) is 17.8. The maximum atomic E-state index is 11.5. The van der Waals surface area contributed by atoms with E-state index in [0.717, 1.165) is 25.6 Å². The second kappa shape index (κ2) is 10.4. The first kappa shape index (κ1) is 22.2. The second-order valence-electron chi connectivity index (χ2n) is 6.20. The fourth-order valence-corrected chi connectivity index (χ4v) is 4.00. The summed E-state index contributed by atoms with van der Waals surface area (Å²) in [6.45, 7) is 6.36. The maximum absolute atomic E-state index is 11.5. The Labute approximate surface area is 168 Å². The number of aryl methyl sites for hydroxylation is 1. The van der Waals surface area contributed by atoms with Gasteiger partial charge in [0.05, 0.1) is 24.6 Å². The van der Waals surface area contributed by atoms with Gasteiger partial charge in [-0.15, -0.1) is 24.0 Å². The Balaban J connectivity index is 0.00000312. The number of hydrogen-bond acceptors (Lipinski definition) is 4. The van der Waals surface area contributed by atoms with Gasteiger partial charge >= 0.3 is 0 Å². The molecule has 144 valence electrons. The van der Waals surface area contributed by atoms with Crippen molar-refractivity contribution in [2.24, 2.45) is 12.0 Å². The molecule has 0 atom stereocenters. The molecule has 1 aliphatic heterocycles. The van der Waals surface area contributed by atoms with E-state index in [4.69, 9.17) is 0 Å². The molecular weight excluding hydrogens is 453 g/mol. The van der Waals surface area contributed by atoms with Gasteiger partial charge in [0.2, 0.25) is 0 Å². The van der Waals surface area contributed by atoms with Crippen molar-refractivity contribution in [1.82, 2.24) is 19.7 Å². The molecule has 2 heterocycles. The minimum Gasteiger partial charge on any atom is -0.357 e. The SMILES string of the molecule is CCNC(=NCCN1CCS(=O)(=O)CC1)N(C)Cc1cccn1C.I. The zero-order valence-corrected chi connectivity index (χ0v) is 18.5. The summed E-state index contributed by atoms with van der Waals surface area (Å²) in [7, 11) is 1.26. The van der Waals surface area contributed by atoms with E-state index in [1.165, 1.54) is 5.69 Å². The van der Waals surface area contributed by atoms with E-state index in [-0.39, 0.29) is 35.5 Å². The van der Waals surface area contributed by atoms with Crippen LogP contribution in [0.4, 0.5) is 0 Å². The molecule has 0 saturated carbocycles. The van der Waals surface area contributed by atoms with Gasteiger partial charge in [0, 0.05) is 52.2 Å². The Bertz CT molecular complexity index is 645. The molecule has 2 rings (SSSR count). The predicted molar refractivity (Wildman–Crippen MR) is 113 cm³/mol. The Hall–Kier alpha value is -0.810. The number of hydrogen-bond donors (Lipinski definition) is 1. The van der Waals surface area contributed by atoms with E-state index in [1.54, 1.807) is 0 Å². The van der Waals surface area contributed by atoms with Gasteiger partial charge in [0.15, 0.2) is 15.8 Å². The first-order chi connectivity index (χ1) is 11.4. The molecule has 1 aliphatic rings. The summed E-state index contributed by atoms with van der Waals surface area (Å²) in [6.07, 6.45) is 2.04. The number of aromatic nitrogens is 1. The Kier molecular flexibility index (Phi) is 9.22. The molecule has 0 bridgehead atoms. The van der Waals surface area contributed by atoms with Gasteiger partial charge in [-0.1, -0.05) is 0 Å². The van der Waals surface area contributed by atoms with Crippen molar-refractivity contribution >= 4 is 39.8 Å². The van der Waals surface area contributed by atoms with E-state index in [9.17, 15) is 8.42 Å². The molecule has 1 N–H and O–H groups in total. The van der Waals surface area contributed by atoms with Crippen LogP contribution in [0.25, 0.3) is 0 Å². The molecule has 1 saturated heterocycles. The van der Waals surface area contributed by atoms with Crippen LogP contribution in [0.5, 0.6) is 0 Å². The van der Waals surface area contributed by atoms with Crippen LogP contribution in [0.3, 0.4) is 0 Å². The number of sulfone groups is 1. The van der Waals surface area contributed by atoms with E-state index < -0.39 is 9.84 Å².